The largest absolute Gasteiger partial charge is 0.494 e. The third-order valence-corrected chi connectivity index (χ3v) is 5.63. The topological polar surface area (TPSA) is 54.9 Å². The highest BCUT2D eigenvalue weighted by Gasteiger charge is 2.34. The maximum absolute atomic E-state index is 6.08. The van der Waals surface area contributed by atoms with Crippen LogP contribution in [-0.4, -0.2) is 39.4 Å². The van der Waals surface area contributed by atoms with Gasteiger partial charge in [0.05, 0.1) is 6.61 Å². The molecule has 5 nitrogen and oxygen atoms in total. The molecule has 2 aromatic rings. The van der Waals surface area contributed by atoms with Crippen molar-refractivity contribution in [3.8, 4) is 5.75 Å². The molecule has 0 spiro atoms. The average molecular weight is 544 g/mol. The first-order chi connectivity index (χ1) is 14.1. The zero-order chi connectivity index (χ0) is 20.5. The van der Waals surface area contributed by atoms with Crippen molar-refractivity contribution in [1.82, 2.24) is 10.6 Å². The van der Waals surface area contributed by atoms with Crippen LogP contribution < -0.4 is 15.4 Å². The van der Waals surface area contributed by atoms with E-state index in [1.54, 1.807) is 7.05 Å². The number of nitrogens with zero attached hydrogens (tertiary/aromatic N) is 1. The molecule has 0 saturated carbocycles. The first-order valence-electron chi connectivity index (χ1n) is 10.2. The van der Waals surface area contributed by atoms with E-state index in [-0.39, 0.29) is 29.4 Å². The zero-order valence-electron chi connectivity index (χ0n) is 17.6. The molecule has 0 bridgehead atoms. The Morgan fingerprint density at radius 2 is 1.87 bits per heavy atom. The van der Waals surface area contributed by atoms with Crippen molar-refractivity contribution < 1.29 is 9.47 Å². The lowest BCUT2D eigenvalue weighted by Crippen LogP contribution is -2.47. The van der Waals surface area contributed by atoms with Gasteiger partial charge >= 0.3 is 0 Å². The van der Waals surface area contributed by atoms with Gasteiger partial charge in [0.15, 0.2) is 5.96 Å². The highest BCUT2D eigenvalue weighted by Crippen LogP contribution is 2.35. The van der Waals surface area contributed by atoms with Gasteiger partial charge in [0.1, 0.15) is 5.75 Å². The molecule has 30 heavy (non-hydrogen) atoms. The molecule has 0 amide bonds. The maximum Gasteiger partial charge on any atom is 0.191 e. The molecule has 2 N–H and O–H groups in total. The molecule has 1 heterocycles. The first-order valence-corrected chi connectivity index (χ1v) is 10.5. The number of halogens is 2. The van der Waals surface area contributed by atoms with Crippen LogP contribution in [0.15, 0.2) is 53.5 Å². The fourth-order valence-electron chi connectivity index (χ4n) is 3.71. The van der Waals surface area contributed by atoms with E-state index in [0.717, 1.165) is 54.9 Å². The summed E-state index contributed by atoms with van der Waals surface area (Å²) in [6.45, 7) is 5.67. The Balaban J connectivity index is 0.00000320. The third kappa shape index (κ3) is 6.75. The number of hydrogen-bond donors (Lipinski definition) is 2. The van der Waals surface area contributed by atoms with E-state index in [4.69, 9.17) is 21.1 Å². The summed E-state index contributed by atoms with van der Waals surface area (Å²) in [4.78, 5) is 4.38. The molecule has 164 valence electrons. The molecular weight excluding hydrogens is 513 g/mol. The summed E-state index contributed by atoms with van der Waals surface area (Å²) in [5.74, 6) is 1.69. The standard InChI is InChI=1S/C23H30ClN3O2.HI/c1-3-29-21-9-7-19(8-10-21)23(11-13-28-14-12-23)17-27-22(25-2)26-16-18-5-4-6-20(24)15-18;/h4-10,15H,3,11-14,16-17H2,1-2H3,(H2,25,26,27);1H. The molecule has 0 atom stereocenters. The number of aliphatic imine (C=N–C) groups is 1. The van der Waals surface area contributed by atoms with Crippen LogP contribution >= 0.6 is 35.6 Å². The van der Waals surface area contributed by atoms with Gasteiger partial charge in [0.2, 0.25) is 0 Å². The zero-order valence-corrected chi connectivity index (χ0v) is 20.7. The predicted octanol–water partition coefficient (Wildman–Crippen LogP) is 4.77. The number of nitrogens with one attached hydrogen (secondary N) is 2. The Morgan fingerprint density at radius 1 is 1.13 bits per heavy atom. The Bertz CT molecular complexity index is 808. The van der Waals surface area contributed by atoms with Crippen molar-refractivity contribution in [2.45, 2.75) is 31.7 Å². The fourth-order valence-corrected chi connectivity index (χ4v) is 3.92. The molecule has 0 unspecified atom stereocenters. The summed E-state index contributed by atoms with van der Waals surface area (Å²) in [6, 6.07) is 16.3. The molecular formula is C23H31ClIN3O2. The van der Waals surface area contributed by atoms with E-state index in [2.05, 4.69) is 39.9 Å². The number of guanidine groups is 1. The van der Waals surface area contributed by atoms with Crippen molar-refractivity contribution >= 4 is 41.5 Å². The van der Waals surface area contributed by atoms with Crippen LogP contribution in [0.2, 0.25) is 5.02 Å². The van der Waals surface area contributed by atoms with Gasteiger partial charge < -0.3 is 20.1 Å². The first kappa shape index (κ1) is 24.8. The molecule has 7 heteroatoms. The van der Waals surface area contributed by atoms with Gasteiger partial charge in [-0.1, -0.05) is 35.9 Å². The Morgan fingerprint density at radius 3 is 2.50 bits per heavy atom. The van der Waals surface area contributed by atoms with Crippen molar-refractivity contribution in [3.63, 3.8) is 0 Å². The van der Waals surface area contributed by atoms with Gasteiger partial charge in [-0.25, -0.2) is 0 Å². The summed E-state index contributed by atoms with van der Waals surface area (Å²) >= 11 is 6.08. The normalized spacial score (nSPS) is 15.8. The van der Waals surface area contributed by atoms with Crippen molar-refractivity contribution in [2.24, 2.45) is 4.99 Å². The van der Waals surface area contributed by atoms with Crippen LogP contribution in [0.4, 0.5) is 0 Å². The third-order valence-electron chi connectivity index (χ3n) is 5.39. The van der Waals surface area contributed by atoms with Gasteiger partial charge in [0.25, 0.3) is 0 Å². The van der Waals surface area contributed by atoms with Gasteiger partial charge in [-0.05, 0) is 55.2 Å². The van der Waals surface area contributed by atoms with Gasteiger partial charge in [-0.15, -0.1) is 24.0 Å². The summed E-state index contributed by atoms with van der Waals surface area (Å²) in [6.07, 6.45) is 1.94. The van der Waals surface area contributed by atoms with E-state index in [1.807, 2.05) is 31.2 Å². The van der Waals surface area contributed by atoms with Crippen molar-refractivity contribution in [2.75, 3.05) is 33.4 Å². The monoisotopic (exact) mass is 543 g/mol. The quantitative estimate of drug-likeness (QED) is 0.300. The van der Waals surface area contributed by atoms with Crippen LogP contribution in [0.1, 0.15) is 30.9 Å². The summed E-state index contributed by atoms with van der Waals surface area (Å²) in [7, 11) is 1.79. The molecule has 0 aromatic heterocycles. The Labute approximate surface area is 201 Å². The van der Waals surface area contributed by atoms with Crippen LogP contribution in [0.3, 0.4) is 0 Å². The number of rotatable bonds is 7. The molecule has 1 saturated heterocycles. The molecule has 0 radical (unpaired) electrons. The smallest absolute Gasteiger partial charge is 0.191 e. The predicted molar refractivity (Wildman–Crippen MR) is 134 cm³/mol. The summed E-state index contributed by atoms with van der Waals surface area (Å²) in [5.41, 5.74) is 2.44. The Kier molecular flexibility index (Phi) is 10.2. The van der Waals surface area contributed by atoms with Crippen LogP contribution in [-0.2, 0) is 16.7 Å². The second-order valence-corrected chi connectivity index (χ2v) is 7.70. The van der Waals surface area contributed by atoms with Gasteiger partial charge in [0, 0.05) is 43.8 Å². The Hall–Kier alpha value is -1.51. The highest BCUT2D eigenvalue weighted by molar-refractivity contribution is 14.0. The molecule has 0 aliphatic carbocycles. The SMILES string of the molecule is CCOc1ccc(C2(CNC(=NC)NCc3cccc(Cl)c3)CCOCC2)cc1.I. The second kappa shape index (κ2) is 12.4. The molecule has 3 rings (SSSR count). The molecule has 2 aromatic carbocycles. The van der Waals surface area contributed by atoms with Crippen LogP contribution in [0.5, 0.6) is 5.75 Å². The second-order valence-electron chi connectivity index (χ2n) is 7.26. The molecule has 1 aliphatic rings. The van der Waals surface area contributed by atoms with E-state index in [9.17, 15) is 0 Å². The summed E-state index contributed by atoms with van der Waals surface area (Å²) in [5, 5.41) is 7.64. The van der Waals surface area contributed by atoms with E-state index in [0.29, 0.717) is 13.2 Å². The minimum absolute atomic E-state index is 0. The van der Waals surface area contributed by atoms with Gasteiger partial charge in [-0.3, -0.25) is 4.99 Å². The number of hydrogen-bond acceptors (Lipinski definition) is 3. The molecule has 1 aliphatic heterocycles. The van der Waals surface area contributed by atoms with Crippen molar-refractivity contribution in [1.29, 1.82) is 0 Å². The number of ether oxygens (including phenoxy) is 2. The average Bonchev–Trinajstić information content (AvgIpc) is 2.75. The van der Waals surface area contributed by atoms with E-state index < -0.39 is 0 Å². The lowest BCUT2D eigenvalue weighted by atomic mass is 9.74. The van der Waals surface area contributed by atoms with E-state index >= 15 is 0 Å². The van der Waals surface area contributed by atoms with Gasteiger partial charge in [-0.2, -0.15) is 0 Å². The molecule has 1 fully saturated rings. The van der Waals surface area contributed by atoms with Crippen LogP contribution in [0, 0.1) is 0 Å². The minimum atomic E-state index is 0. The fraction of sp³-hybridized carbons (Fsp3) is 0.435. The lowest BCUT2D eigenvalue weighted by Gasteiger charge is -2.38. The minimum Gasteiger partial charge on any atom is -0.494 e. The number of benzene rings is 2. The van der Waals surface area contributed by atoms with Crippen LogP contribution in [0.25, 0.3) is 0 Å². The highest BCUT2D eigenvalue weighted by atomic mass is 127. The lowest BCUT2D eigenvalue weighted by molar-refractivity contribution is 0.0513. The van der Waals surface area contributed by atoms with Crippen molar-refractivity contribution in [3.05, 3.63) is 64.7 Å². The van der Waals surface area contributed by atoms with E-state index in [1.165, 1.54) is 5.56 Å². The maximum atomic E-state index is 6.08. The summed E-state index contributed by atoms with van der Waals surface area (Å²) < 4.78 is 11.2.